The number of esters is 1. The monoisotopic (exact) mass is 461 g/mol. The van der Waals surface area contributed by atoms with Crippen LogP contribution < -0.4 is 5.32 Å². The van der Waals surface area contributed by atoms with E-state index in [1.807, 2.05) is 31.2 Å². The van der Waals surface area contributed by atoms with Crippen LogP contribution >= 0.6 is 0 Å². The predicted molar refractivity (Wildman–Crippen MR) is 144 cm³/mol. The maximum atomic E-state index is 11.7. The summed E-state index contributed by atoms with van der Waals surface area (Å²) in [6.07, 6.45) is 15.4. The number of carbonyl (C=O) groups excluding carboxylic acids is 1. The Hall–Kier alpha value is -1.29. The van der Waals surface area contributed by atoms with Crippen molar-refractivity contribution in [2.45, 2.75) is 123 Å². The van der Waals surface area contributed by atoms with Crippen molar-refractivity contribution in [2.24, 2.45) is 0 Å². The Morgan fingerprint density at radius 1 is 0.750 bits per heavy atom. The number of unbranched alkanes of at least 4 members (excludes halogenated alkanes) is 9. The van der Waals surface area contributed by atoms with Crippen molar-refractivity contribution in [1.82, 2.24) is 0 Å². The summed E-state index contributed by atoms with van der Waals surface area (Å²) < 4.78 is 5.04. The van der Waals surface area contributed by atoms with E-state index in [1.165, 1.54) is 88.8 Å². The molecule has 184 valence electrons. The van der Waals surface area contributed by atoms with Crippen LogP contribution in [-0.4, -0.2) is 27.2 Å². The van der Waals surface area contributed by atoms with Gasteiger partial charge in [0.25, 0.3) is 0 Å². The zero-order valence-electron chi connectivity index (χ0n) is 21.6. The van der Waals surface area contributed by atoms with E-state index in [0.29, 0.717) is 12.2 Å². The fourth-order valence-corrected chi connectivity index (χ4v) is 8.85. The molecule has 1 aromatic carbocycles. The van der Waals surface area contributed by atoms with Gasteiger partial charge in [0, 0.05) is 12.2 Å². The number of ether oxygens (including phenoxy) is 1. The van der Waals surface area contributed by atoms with E-state index in [9.17, 15) is 4.79 Å². The molecule has 0 spiro atoms. The Morgan fingerprint density at radius 3 is 1.81 bits per heavy atom. The van der Waals surface area contributed by atoms with E-state index in [4.69, 9.17) is 4.74 Å². The molecule has 0 atom stereocenters. The van der Waals surface area contributed by atoms with Crippen LogP contribution in [0, 0.1) is 0 Å². The maximum Gasteiger partial charge on any atom is 0.338 e. The molecule has 3 nitrogen and oxygen atoms in total. The van der Waals surface area contributed by atoms with Gasteiger partial charge in [-0.05, 0) is 37.6 Å². The first-order chi connectivity index (χ1) is 15.6. The van der Waals surface area contributed by atoms with Gasteiger partial charge in [-0.1, -0.05) is 109 Å². The largest absolute Gasteiger partial charge is 0.462 e. The third-order valence-electron chi connectivity index (χ3n) is 7.17. The molecule has 0 aliphatic carbocycles. The van der Waals surface area contributed by atoms with Crippen LogP contribution in [0.4, 0.5) is 5.69 Å². The van der Waals surface area contributed by atoms with Crippen LogP contribution in [0.1, 0.15) is 109 Å². The molecule has 0 saturated heterocycles. The lowest BCUT2D eigenvalue weighted by Gasteiger charge is -2.30. The highest BCUT2D eigenvalue weighted by Gasteiger charge is 2.27. The third-order valence-corrected chi connectivity index (χ3v) is 13.0. The van der Waals surface area contributed by atoms with Crippen LogP contribution in [0.2, 0.25) is 24.2 Å². The van der Waals surface area contributed by atoms with Crippen LogP contribution in [0.15, 0.2) is 24.3 Å². The molecule has 0 fully saturated rings. The topological polar surface area (TPSA) is 38.3 Å². The second-order valence-electron chi connectivity index (χ2n) is 9.47. The minimum absolute atomic E-state index is 0.245. The molecule has 0 saturated carbocycles. The van der Waals surface area contributed by atoms with Crippen molar-refractivity contribution in [2.75, 3.05) is 18.5 Å². The van der Waals surface area contributed by atoms with E-state index in [2.05, 4.69) is 26.1 Å². The van der Waals surface area contributed by atoms with Gasteiger partial charge in [0.05, 0.1) is 20.2 Å². The fourth-order valence-electron chi connectivity index (χ4n) is 4.69. The second-order valence-corrected chi connectivity index (χ2v) is 14.9. The fraction of sp³-hybridized carbons (Fsp3) is 0.750. The molecule has 0 aliphatic rings. The molecule has 0 aliphatic heterocycles. The quantitative estimate of drug-likeness (QED) is 0.119. The molecule has 0 radical (unpaired) electrons. The highest BCUT2D eigenvalue weighted by molar-refractivity contribution is 6.79. The van der Waals surface area contributed by atoms with Gasteiger partial charge >= 0.3 is 5.97 Å². The summed E-state index contributed by atoms with van der Waals surface area (Å²) in [4.78, 5) is 11.7. The SMILES string of the molecule is CCCCCCCCCC[Si](CC)(CC)CCCCCNc1ccc(C(=O)OCC)cc1. The smallest absolute Gasteiger partial charge is 0.338 e. The van der Waals surface area contributed by atoms with Crippen LogP contribution in [0.25, 0.3) is 0 Å². The maximum absolute atomic E-state index is 11.7. The average Bonchev–Trinajstić information content (AvgIpc) is 2.82. The molecule has 0 amide bonds. The number of carbonyl (C=O) groups is 1. The predicted octanol–water partition coefficient (Wildman–Crippen LogP) is 9.07. The van der Waals surface area contributed by atoms with Gasteiger partial charge in [-0.3, -0.25) is 0 Å². The standard InChI is InChI=1S/C28H51NO2Si/c1-5-9-10-11-12-13-14-17-24-32(7-3,8-4)25-18-15-16-23-29-27-21-19-26(20-22-27)28(30)31-6-2/h19-22,29H,5-18,23-25H2,1-4H3. The molecular formula is C28H51NO2Si. The lowest BCUT2D eigenvalue weighted by Crippen LogP contribution is -2.31. The van der Waals surface area contributed by atoms with Crippen LogP contribution in [0.3, 0.4) is 0 Å². The highest BCUT2D eigenvalue weighted by Crippen LogP contribution is 2.30. The molecule has 0 aromatic heterocycles. The minimum atomic E-state index is -1.04. The summed E-state index contributed by atoms with van der Waals surface area (Å²) in [5.41, 5.74) is 1.70. The molecular weight excluding hydrogens is 410 g/mol. The van der Waals surface area contributed by atoms with E-state index in [0.717, 1.165) is 12.2 Å². The summed E-state index contributed by atoms with van der Waals surface area (Å²) in [6.45, 7) is 10.5. The van der Waals surface area contributed by atoms with Crippen molar-refractivity contribution >= 4 is 19.7 Å². The average molecular weight is 462 g/mol. The Kier molecular flexibility index (Phi) is 16.3. The van der Waals surface area contributed by atoms with Gasteiger partial charge in [0.1, 0.15) is 0 Å². The molecule has 0 unspecified atom stereocenters. The Morgan fingerprint density at radius 2 is 1.28 bits per heavy atom. The van der Waals surface area contributed by atoms with Gasteiger partial charge in [-0.2, -0.15) is 0 Å². The number of rotatable bonds is 20. The number of hydrogen-bond donors (Lipinski definition) is 1. The van der Waals surface area contributed by atoms with Crippen molar-refractivity contribution in [3.63, 3.8) is 0 Å². The Labute approximate surface area is 200 Å². The summed E-state index contributed by atoms with van der Waals surface area (Å²) >= 11 is 0. The zero-order chi connectivity index (χ0) is 23.5. The molecule has 0 bridgehead atoms. The van der Waals surface area contributed by atoms with Crippen LogP contribution in [-0.2, 0) is 4.74 Å². The van der Waals surface area contributed by atoms with Crippen molar-refractivity contribution in [3.8, 4) is 0 Å². The first-order valence-corrected chi connectivity index (χ1v) is 16.4. The van der Waals surface area contributed by atoms with Gasteiger partial charge in [-0.25, -0.2) is 4.79 Å². The van der Waals surface area contributed by atoms with Gasteiger partial charge in [-0.15, -0.1) is 0 Å². The van der Waals surface area contributed by atoms with Gasteiger partial charge in [0.15, 0.2) is 0 Å². The summed E-state index contributed by atoms with van der Waals surface area (Å²) in [5.74, 6) is -0.245. The molecule has 4 heteroatoms. The number of anilines is 1. The summed E-state index contributed by atoms with van der Waals surface area (Å²) in [5, 5.41) is 3.49. The van der Waals surface area contributed by atoms with Gasteiger partial charge in [0.2, 0.25) is 0 Å². The minimum Gasteiger partial charge on any atom is -0.462 e. The summed E-state index contributed by atoms with van der Waals surface area (Å²) in [7, 11) is -1.04. The van der Waals surface area contributed by atoms with Crippen molar-refractivity contribution in [1.29, 1.82) is 0 Å². The van der Waals surface area contributed by atoms with E-state index in [-0.39, 0.29) is 5.97 Å². The molecule has 1 aromatic rings. The molecule has 0 heterocycles. The second kappa shape index (κ2) is 18.2. The zero-order valence-corrected chi connectivity index (χ0v) is 22.6. The Balaban J connectivity index is 2.19. The normalized spacial score (nSPS) is 11.5. The van der Waals surface area contributed by atoms with Crippen molar-refractivity contribution < 1.29 is 9.53 Å². The third kappa shape index (κ3) is 12.1. The number of hydrogen-bond acceptors (Lipinski definition) is 3. The van der Waals surface area contributed by atoms with Crippen LogP contribution in [0.5, 0.6) is 0 Å². The molecule has 32 heavy (non-hydrogen) atoms. The Bertz CT molecular complexity index is 584. The van der Waals surface area contributed by atoms with E-state index in [1.54, 1.807) is 6.04 Å². The first kappa shape index (κ1) is 28.7. The number of benzene rings is 1. The summed E-state index contributed by atoms with van der Waals surface area (Å²) in [6, 6.07) is 13.6. The van der Waals surface area contributed by atoms with Crippen molar-refractivity contribution in [3.05, 3.63) is 29.8 Å². The lowest BCUT2D eigenvalue weighted by atomic mass is 10.1. The van der Waals surface area contributed by atoms with E-state index >= 15 is 0 Å². The molecule has 1 N–H and O–H groups in total. The first-order valence-electron chi connectivity index (χ1n) is 13.6. The van der Waals surface area contributed by atoms with E-state index < -0.39 is 8.07 Å². The highest BCUT2D eigenvalue weighted by atomic mass is 28.3. The number of nitrogens with one attached hydrogen (secondary N) is 1. The lowest BCUT2D eigenvalue weighted by molar-refractivity contribution is 0.0526. The van der Waals surface area contributed by atoms with Gasteiger partial charge < -0.3 is 10.1 Å². The molecule has 1 rings (SSSR count).